The van der Waals surface area contributed by atoms with Crippen molar-refractivity contribution in [3.8, 4) is 0 Å². The molecule has 0 radical (unpaired) electrons. The molecular weight excluding hydrogens is 271 g/mol. The highest BCUT2D eigenvalue weighted by Crippen LogP contribution is 2.68. The predicted octanol–water partition coefficient (Wildman–Crippen LogP) is 4.17. The Morgan fingerprint density at radius 2 is 1.46 bits per heavy atom. The van der Waals surface area contributed by atoms with Crippen molar-refractivity contribution in [2.45, 2.75) is 55.8 Å². The van der Waals surface area contributed by atoms with Crippen LogP contribution in [-0.4, -0.2) is 3.42 Å². The van der Waals surface area contributed by atoms with E-state index in [-0.39, 0.29) is 0 Å². The number of halogens is 1. The second-order valence-corrected chi connectivity index (χ2v) is 9.07. The van der Waals surface area contributed by atoms with E-state index in [9.17, 15) is 0 Å². The first kappa shape index (κ1) is 8.99. The first-order chi connectivity index (χ1) is 5.91. The van der Waals surface area contributed by atoms with Gasteiger partial charge in [-0.25, -0.2) is 0 Å². The SMILES string of the molecule is CC12CC3CC(C)(C1)CC(I)(C3)C2. The summed E-state index contributed by atoms with van der Waals surface area (Å²) < 4.78 is 0.695. The summed E-state index contributed by atoms with van der Waals surface area (Å²) in [6.45, 7) is 5.09. The zero-order valence-electron chi connectivity index (χ0n) is 8.70. The Kier molecular flexibility index (Phi) is 1.58. The summed E-state index contributed by atoms with van der Waals surface area (Å²) in [5.41, 5.74) is 1.44. The first-order valence-electron chi connectivity index (χ1n) is 5.60. The lowest BCUT2D eigenvalue weighted by Crippen LogP contribution is -2.55. The van der Waals surface area contributed by atoms with Crippen molar-refractivity contribution in [2.24, 2.45) is 16.7 Å². The van der Waals surface area contributed by atoms with Gasteiger partial charge in [-0.15, -0.1) is 0 Å². The summed E-state index contributed by atoms with van der Waals surface area (Å²) in [6, 6.07) is 0. The standard InChI is InChI=1S/C12H19I/c1-10-3-9-4-11(2,6-10)8-12(13,5-9)7-10/h9H,3-8H2,1-2H3. The average molecular weight is 290 g/mol. The molecule has 0 aromatic heterocycles. The monoisotopic (exact) mass is 290 g/mol. The number of rotatable bonds is 0. The molecular formula is C12H19I. The topological polar surface area (TPSA) is 0 Å². The fourth-order valence-electron chi connectivity index (χ4n) is 5.31. The highest BCUT2D eigenvalue weighted by Gasteiger charge is 2.59. The van der Waals surface area contributed by atoms with E-state index >= 15 is 0 Å². The Hall–Kier alpha value is 0.730. The van der Waals surface area contributed by atoms with Crippen molar-refractivity contribution in [3.05, 3.63) is 0 Å². The zero-order chi connectivity index (χ0) is 9.32. The van der Waals surface area contributed by atoms with Crippen LogP contribution >= 0.6 is 22.6 Å². The van der Waals surface area contributed by atoms with Crippen LogP contribution in [0, 0.1) is 16.7 Å². The van der Waals surface area contributed by atoms with E-state index < -0.39 is 0 Å². The molecule has 2 atom stereocenters. The van der Waals surface area contributed by atoms with Crippen LogP contribution in [0.25, 0.3) is 0 Å². The molecule has 0 aliphatic heterocycles. The van der Waals surface area contributed by atoms with Gasteiger partial charge in [-0.2, -0.15) is 0 Å². The molecule has 0 spiro atoms. The van der Waals surface area contributed by atoms with E-state index in [1.54, 1.807) is 0 Å². The van der Waals surface area contributed by atoms with Crippen LogP contribution in [-0.2, 0) is 0 Å². The van der Waals surface area contributed by atoms with E-state index in [2.05, 4.69) is 36.4 Å². The molecule has 1 heteroatoms. The third-order valence-corrected chi connectivity index (χ3v) is 5.76. The second-order valence-electron chi connectivity index (χ2n) is 6.78. The van der Waals surface area contributed by atoms with E-state index in [1.165, 1.54) is 38.5 Å². The predicted molar refractivity (Wildman–Crippen MR) is 64.2 cm³/mol. The van der Waals surface area contributed by atoms with Gasteiger partial charge in [-0.3, -0.25) is 0 Å². The molecule has 0 heterocycles. The van der Waals surface area contributed by atoms with Gasteiger partial charge in [0.1, 0.15) is 0 Å². The number of alkyl halides is 1. The van der Waals surface area contributed by atoms with Crippen molar-refractivity contribution in [3.63, 3.8) is 0 Å². The molecule has 0 aromatic rings. The van der Waals surface area contributed by atoms with Gasteiger partial charge in [0.25, 0.3) is 0 Å². The van der Waals surface area contributed by atoms with Gasteiger partial charge in [0.05, 0.1) is 0 Å². The van der Waals surface area contributed by atoms with Crippen LogP contribution in [0.4, 0.5) is 0 Å². The molecule has 74 valence electrons. The Morgan fingerprint density at radius 1 is 0.923 bits per heavy atom. The quantitative estimate of drug-likeness (QED) is 0.464. The van der Waals surface area contributed by atoms with E-state index in [4.69, 9.17) is 0 Å². The highest BCUT2D eigenvalue weighted by atomic mass is 127. The summed E-state index contributed by atoms with van der Waals surface area (Å²) in [6.07, 6.45) is 9.12. The normalized spacial score (nSPS) is 64.4. The fourth-order valence-corrected chi connectivity index (χ4v) is 7.77. The molecule has 0 aromatic carbocycles. The smallest absolute Gasteiger partial charge is 0.0235 e. The Bertz CT molecular complexity index is 207. The van der Waals surface area contributed by atoms with Crippen LogP contribution in [0.2, 0.25) is 0 Å². The van der Waals surface area contributed by atoms with Gasteiger partial charge < -0.3 is 0 Å². The van der Waals surface area contributed by atoms with Crippen LogP contribution in [0.5, 0.6) is 0 Å². The van der Waals surface area contributed by atoms with Gasteiger partial charge in [0.15, 0.2) is 0 Å². The molecule has 2 unspecified atom stereocenters. The maximum Gasteiger partial charge on any atom is 0.0235 e. The maximum absolute atomic E-state index is 2.79. The summed E-state index contributed by atoms with van der Waals surface area (Å²) >= 11 is 2.79. The molecule has 4 aliphatic carbocycles. The Balaban J connectivity index is 2.03. The van der Waals surface area contributed by atoms with Gasteiger partial charge in [-0.05, 0) is 55.3 Å². The number of hydrogen-bond acceptors (Lipinski definition) is 0. The van der Waals surface area contributed by atoms with Gasteiger partial charge in [0.2, 0.25) is 0 Å². The highest BCUT2D eigenvalue weighted by molar-refractivity contribution is 14.1. The minimum absolute atomic E-state index is 0.695. The minimum atomic E-state index is 0.695. The molecule has 4 aliphatic rings. The third kappa shape index (κ3) is 1.29. The Labute approximate surface area is 95.0 Å². The van der Waals surface area contributed by atoms with E-state index in [0.717, 1.165) is 16.7 Å². The minimum Gasteiger partial charge on any atom is -0.0788 e. The summed E-state index contributed by atoms with van der Waals surface area (Å²) in [7, 11) is 0. The second kappa shape index (κ2) is 2.28. The van der Waals surface area contributed by atoms with Crippen LogP contribution < -0.4 is 0 Å². The zero-order valence-corrected chi connectivity index (χ0v) is 10.9. The lowest BCUT2D eigenvalue weighted by atomic mass is 9.45. The summed E-state index contributed by atoms with van der Waals surface area (Å²) in [5.74, 6) is 1.07. The molecule has 13 heavy (non-hydrogen) atoms. The van der Waals surface area contributed by atoms with Crippen molar-refractivity contribution < 1.29 is 0 Å². The molecule has 0 N–H and O–H groups in total. The van der Waals surface area contributed by atoms with Gasteiger partial charge in [-0.1, -0.05) is 36.4 Å². The fraction of sp³-hybridized carbons (Fsp3) is 1.00. The third-order valence-electron chi connectivity index (χ3n) is 4.56. The van der Waals surface area contributed by atoms with E-state index in [1.807, 2.05) is 0 Å². The van der Waals surface area contributed by atoms with Crippen LogP contribution in [0.1, 0.15) is 52.4 Å². The first-order valence-corrected chi connectivity index (χ1v) is 6.67. The van der Waals surface area contributed by atoms with Crippen molar-refractivity contribution in [2.75, 3.05) is 0 Å². The van der Waals surface area contributed by atoms with Gasteiger partial charge in [0, 0.05) is 3.42 Å². The van der Waals surface area contributed by atoms with Crippen LogP contribution in [0.15, 0.2) is 0 Å². The van der Waals surface area contributed by atoms with Gasteiger partial charge >= 0.3 is 0 Å². The Morgan fingerprint density at radius 3 is 1.85 bits per heavy atom. The summed E-state index contributed by atoms with van der Waals surface area (Å²) in [5, 5.41) is 0. The maximum atomic E-state index is 2.79. The number of hydrogen-bond donors (Lipinski definition) is 0. The lowest BCUT2D eigenvalue weighted by molar-refractivity contribution is -0.0724. The molecule has 4 fully saturated rings. The lowest BCUT2D eigenvalue weighted by Gasteiger charge is -2.63. The summed E-state index contributed by atoms with van der Waals surface area (Å²) in [4.78, 5) is 0. The van der Waals surface area contributed by atoms with Crippen molar-refractivity contribution in [1.29, 1.82) is 0 Å². The molecule has 4 rings (SSSR count). The largest absolute Gasteiger partial charge is 0.0788 e. The van der Waals surface area contributed by atoms with Crippen molar-refractivity contribution in [1.82, 2.24) is 0 Å². The molecule has 0 nitrogen and oxygen atoms in total. The van der Waals surface area contributed by atoms with E-state index in [0.29, 0.717) is 3.42 Å². The molecule has 0 amide bonds. The molecule has 4 bridgehead atoms. The molecule has 0 saturated heterocycles. The average Bonchev–Trinajstić information content (AvgIpc) is 1.71. The van der Waals surface area contributed by atoms with Crippen LogP contribution in [0.3, 0.4) is 0 Å². The molecule has 4 saturated carbocycles. The van der Waals surface area contributed by atoms with Crippen molar-refractivity contribution >= 4 is 22.6 Å².